The van der Waals surface area contributed by atoms with E-state index in [9.17, 15) is 14.2 Å². The maximum atomic E-state index is 16.7. The molecule has 284 valence electrons. The average molecular weight is 743 g/mol. The van der Waals surface area contributed by atoms with Gasteiger partial charge in [-0.1, -0.05) is 13.8 Å². The molecular formula is C28H45F2N6O13P. The summed E-state index contributed by atoms with van der Waals surface area (Å²) in [5.74, 6) is -5.37. The number of alkyl halides is 2. The van der Waals surface area contributed by atoms with Crippen LogP contribution in [0.4, 0.5) is 19.5 Å². The number of esters is 1. The molecule has 1 saturated heterocycles. The second-order valence-electron chi connectivity index (χ2n) is 12.0. The number of rotatable bonds is 19. The topological polar surface area (TPSA) is 239 Å². The average Bonchev–Trinajstić information content (AvgIpc) is 3.52. The first-order chi connectivity index (χ1) is 23.4. The number of ether oxygens (including phenoxy) is 7. The van der Waals surface area contributed by atoms with Gasteiger partial charge in [-0.05, 0) is 47.5 Å². The second kappa shape index (κ2) is 17.3. The summed E-state index contributed by atoms with van der Waals surface area (Å²) in [4.78, 5) is 37.2. The second-order valence-corrected chi connectivity index (χ2v) is 13.6. The third kappa shape index (κ3) is 10.2. The molecule has 2 unspecified atom stereocenters. The van der Waals surface area contributed by atoms with Crippen molar-refractivity contribution in [2.24, 2.45) is 11.7 Å². The van der Waals surface area contributed by atoms with E-state index in [2.05, 4.69) is 15.0 Å². The Morgan fingerprint density at radius 2 is 1.76 bits per heavy atom. The zero-order chi connectivity index (χ0) is 37.4. The highest BCUT2D eigenvalue weighted by Gasteiger charge is 2.68. The molecular weight excluding hydrogens is 697 g/mol. The number of nitrogens with two attached hydrogens (primary N) is 2. The van der Waals surface area contributed by atoms with E-state index in [0.717, 1.165) is 17.8 Å². The van der Waals surface area contributed by atoms with Gasteiger partial charge in [0.1, 0.15) is 19.4 Å². The van der Waals surface area contributed by atoms with Crippen molar-refractivity contribution in [1.82, 2.24) is 19.5 Å². The molecule has 22 heteroatoms. The first kappa shape index (κ1) is 41.1. The molecule has 19 nitrogen and oxygen atoms in total. The number of carbonyl (C=O) groups excluding carboxylic acids is 2. The minimum atomic E-state index is -4.93. The van der Waals surface area contributed by atoms with Crippen molar-refractivity contribution in [2.75, 3.05) is 39.3 Å². The molecule has 0 radical (unpaired) electrons. The Morgan fingerprint density at radius 3 is 2.38 bits per heavy atom. The van der Waals surface area contributed by atoms with E-state index in [1.807, 2.05) is 0 Å². The van der Waals surface area contributed by atoms with Gasteiger partial charge in [0.2, 0.25) is 24.8 Å². The normalized spacial score (nSPS) is 24.1. The summed E-state index contributed by atoms with van der Waals surface area (Å²) in [6.45, 7) is 9.07. The van der Waals surface area contributed by atoms with E-state index in [-0.39, 0.29) is 42.5 Å². The molecule has 1 fully saturated rings. The van der Waals surface area contributed by atoms with Crippen LogP contribution in [0.25, 0.3) is 11.2 Å². The number of hydrogen-bond donors (Lipinski definition) is 2. The van der Waals surface area contributed by atoms with Crippen LogP contribution >= 0.6 is 7.82 Å². The molecule has 50 heavy (non-hydrogen) atoms. The number of imidazole rings is 1. The molecule has 0 amide bonds. The summed E-state index contributed by atoms with van der Waals surface area (Å²) in [6.07, 6.45) is -5.59. The highest BCUT2D eigenvalue weighted by molar-refractivity contribution is 7.48. The van der Waals surface area contributed by atoms with E-state index >= 15 is 8.78 Å². The summed E-state index contributed by atoms with van der Waals surface area (Å²) in [5, 5.41) is 0. The number of hydrogen-bond acceptors (Lipinski definition) is 18. The van der Waals surface area contributed by atoms with Crippen LogP contribution in [0.2, 0.25) is 0 Å². The Hall–Kier alpha value is -3.30. The maximum absolute atomic E-state index is 16.7. The summed E-state index contributed by atoms with van der Waals surface area (Å²) < 4.78 is 99.4. The van der Waals surface area contributed by atoms with Crippen LogP contribution in [0.5, 0.6) is 5.88 Å². The Bertz CT molecular complexity index is 1500. The summed E-state index contributed by atoms with van der Waals surface area (Å²) in [7, 11) is -4.93. The fraction of sp³-hybridized carbons (Fsp3) is 0.750. The van der Waals surface area contributed by atoms with Gasteiger partial charge >= 0.3 is 19.9 Å². The lowest BCUT2D eigenvalue weighted by Gasteiger charge is -2.33. The van der Waals surface area contributed by atoms with Crippen LogP contribution < -0.4 is 16.2 Å². The molecule has 1 aliphatic heterocycles. The van der Waals surface area contributed by atoms with Gasteiger partial charge in [0, 0.05) is 0 Å². The third-order valence-electron chi connectivity index (χ3n) is 6.85. The number of anilines is 1. The minimum absolute atomic E-state index is 0.0327. The zero-order valence-electron chi connectivity index (χ0n) is 29.0. The van der Waals surface area contributed by atoms with Gasteiger partial charge < -0.3 is 44.6 Å². The molecule has 0 bridgehead atoms. The molecule has 0 aromatic carbocycles. The van der Waals surface area contributed by atoms with Gasteiger partial charge in [-0.25, -0.2) is 27.6 Å². The Morgan fingerprint density at radius 1 is 1.08 bits per heavy atom. The zero-order valence-corrected chi connectivity index (χ0v) is 29.9. The van der Waals surface area contributed by atoms with Crippen molar-refractivity contribution < 1.29 is 69.7 Å². The molecule has 2 aromatic heterocycles. The first-order valence-corrected chi connectivity index (χ1v) is 17.0. The van der Waals surface area contributed by atoms with Crippen LogP contribution in [0.3, 0.4) is 0 Å². The van der Waals surface area contributed by atoms with Gasteiger partial charge in [-0.15, -0.1) is 0 Å². The van der Waals surface area contributed by atoms with Crippen LogP contribution in [-0.4, -0.2) is 101 Å². The van der Waals surface area contributed by atoms with Gasteiger partial charge in [-0.2, -0.15) is 9.97 Å². The SMILES string of the molecule is CCOc1nc(N)nc2c1ncn2[C@@H]1O[C@](F)(COP(=O)(OCOCOC(C)C)OCOC(=O)OC(C)C)[C@@H](F)[C@@]1(C)OC(=O)C(N)C(C)C. The number of fused-ring (bicyclic) bond motifs is 1. The summed E-state index contributed by atoms with van der Waals surface area (Å²) in [5.41, 5.74) is 9.29. The van der Waals surface area contributed by atoms with E-state index in [4.69, 9.17) is 58.2 Å². The minimum Gasteiger partial charge on any atom is -0.476 e. The van der Waals surface area contributed by atoms with Gasteiger partial charge in [0.25, 0.3) is 5.85 Å². The number of nitrogen functional groups attached to an aromatic ring is 1. The lowest BCUT2D eigenvalue weighted by Crippen LogP contribution is -2.52. The molecule has 3 rings (SSSR count). The molecule has 0 spiro atoms. The molecule has 2 aromatic rings. The number of halogens is 2. The predicted octanol–water partition coefficient (Wildman–Crippen LogP) is 3.66. The van der Waals surface area contributed by atoms with Gasteiger partial charge in [0.05, 0.1) is 25.1 Å². The fourth-order valence-electron chi connectivity index (χ4n) is 4.29. The highest BCUT2D eigenvalue weighted by Crippen LogP contribution is 2.55. The van der Waals surface area contributed by atoms with Crippen molar-refractivity contribution in [3.63, 3.8) is 0 Å². The standard InChI is InChI=1S/C28H45F2N6O13P/c1-9-41-21-19-20(34-25(32)35-21)36(11-33-19)24-27(8,48-22(37)18(31)15(2)3)23(29)28(30,49-24)10-44-50(39,45-13-40-12-42-16(4)5)46-14-43-26(38)47-17(6)7/h11,15-18,23-24H,9-10,12-14,31H2,1-8H3,(H2,32,34,35)/t18?,23-,24+,27+,28+,50?/m0/s1. The lowest BCUT2D eigenvalue weighted by molar-refractivity contribution is -0.198. The summed E-state index contributed by atoms with van der Waals surface area (Å²) >= 11 is 0. The first-order valence-electron chi connectivity index (χ1n) is 15.5. The van der Waals surface area contributed by atoms with Crippen LogP contribution in [0.15, 0.2) is 6.33 Å². The molecule has 6 atom stereocenters. The van der Waals surface area contributed by atoms with Crippen molar-refractivity contribution >= 4 is 37.1 Å². The number of aromatic nitrogens is 4. The fourth-order valence-corrected chi connectivity index (χ4v) is 5.24. The van der Waals surface area contributed by atoms with Crippen LogP contribution in [0.1, 0.15) is 61.6 Å². The third-order valence-corrected chi connectivity index (χ3v) is 8.14. The van der Waals surface area contributed by atoms with E-state index < -0.39 is 82.1 Å². The van der Waals surface area contributed by atoms with E-state index in [1.165, 1.54) is 0 Å². The van der Waals surface area contributed by atoms with Crippen molar-refractivity contribution in [3.8, 4) is 5.88 Å². The lowest BCUT2D eigenvalue weighted by atomic mass is 9.95. The smallest absolute Gasteiger partial charge is 0.476 e. The molecule has 3 heterocycles. The largest absolute Gasteiger partial charge is 0.510 e. The van der Waals surface area contributed by atoms with Crippen molar-refractivity contribution in [2.45, 2.75) is 97.5 Å². The highest BCUT2D eigenvalue weighted by atomic mass is 31.2. The van der Waals surface area contributed by atoms with E-state index in [1.54, 1.807) is 48.5 Å². The molecule has 0 saturated carbocycles. The van der Waals surface area contributed by atoms with Crippen LogP contribution in [0, 0.1) is 5.92 Å². The van der Waals surface area contributed by atoms with E-state index in [0.29, 0.717) is 0 Å². The number of phosphoric ester groups is 1. The van der Waals surface area contributed by atoms with Gasteiger partial charge in [-0.3, -0.25) is 18.4 Å². The van der Waals surface area contributed by atoms with Crippen molar-refractivity contribution in [1.29, 1.82) is 0 Å². The number of phosphoric acid groups is 1. The van der Waals surface area contributed by atoms with Crippen molar-refractivity contribution in [3.05, 3.63) is 6.33 Å². The van der Waals surface area contributed by atoms with Gasteiger partial charge in [0.15, 0.2) is 29.8 Å². The molecule has 0 aliphatic carbocycles. The summed E-state index contributed by atoms with van der Waals surface area (Å²) in [6, 6.07) is -1.24. The molecule has 4 N–H and O–H groups in total. The Labute approximate surface area is 287 Å². The Kier molecular flexibility index (Phi) is 14.2. The number of nitrogens with zero attached hydrogens (tertiary/aromatic N) is 4. The number of carbonyl (C=O) groups is 2. The predicted molar refractivity (Wildman–Crippen MR) is 167 cm³/mol. The molecule has 1 aliphatic rings. The quantitative estimate of drug-likeness (QED) is 0.0903. The van der Waals surface area contributed by atoms with Crippen LogP contribution in [-0.2, 0) is 51.4 Å². The monoisotopic (exact) mass is 742 g/mol. The Balaban J connectivity index is 1.95. The maximum Gasteiger partial charge on any atom is 0.510 e.